The minimum atomic E-state index is -0.997. The molecule has 0 fully saturated rings. The molecule has 0 atom stereocenters. The highest BCUT2D eigenvalue weighted by Gasteiger charge is 2.21. The third-order valence-electron chi connectivity index (χ3n) is 3.50. The van der Waals surface area contributed by atoms with E-state index >= 15 is 0 Å². The van der Waals surface area contributed by atoms with Crippen molar-refractivity contribution in [3.05, 3.63) is 28.8 Å². The maximum Gasteiger partial charge on any atom is 0.341 e. The molecule has 0 amide bonds. The van der Waals surface area contributed by atoms with Gasteiger partial charge < -0.3 is 15.1 Å². The van der Waals surface area contributed by atoms with Crippen molar-refractivity contribution in [1.82, 2.24) is 0 Å². The molecule has 1 aromatic rings. The van der Waals surface area contributed by atoms with E-state index in [0.29, 0.717) is 17.9 Å². The summed E-state index contributed by atoms with van der Waals surface area (Å²) >= 11 is 0. The van der Waals surface area contributed by atoms with E-state index in [1.807, 2.05) is 6.07 Å². The summed E-state index contributed by atoms with van der Waals surface area (Å²) in [6, 6.07) is 3.87. The van der Waals surface area contributed by atoms with Crippen molar-refractivity contribution in [2.45, 2.75) is 39.0 Å². The van der Waals surface area contributed by atoms with Crippen molar-refractivity contribution in [2.24, 2.45) is 5.16 Å². The second-order valence-corrected chi connectivity index (χ2v) is 4.95. The first-order chi connectivity index (χ1) is 9.65. The lowest BCUT2D eigenvalue weighted by atomic mass is 10.0. The molecule has 0 bridgehead atoms. The van der Waals surface area contributed by atoms with Gasteiger partial charge in [-0.1, -0.05) is 24.6 Å². The van der Waals surface area contributed by atoms with Crippen molar-refractivity contribution in [1.29, 1.82) is 0 Å². The van der Waals surface area contributed by atoms with Gasteiger partial charge in [-0.15, -0.1) is 0 Å². The number of unbranched alkanes of at least 4 members (excludes halogenated alkanes) is 1. The Morgan fingerprint density at radius 3 is 2.85 bits per heavy atom. The number of rotatable bonds is 6. The molecule has 20 heavy (non-hydrogen) atoms. The van der Waals surface area contributed by atoms with Gasteiger partial charge in [0.2, 0.25) is 0 Å². The fourth-order valence-corrected chi connectivity index (χ4v) is 2.48. The molecule has 0 spiro atoms. The summed E-state index contributed by atoms with van der Waals surface area (Å²) in [6.45, 7) is 1.76. The van der Waals surface area contributed by atoms with Gasteiger partial charge in [-0.05, 0) is 42.9 Å². The van der Waals surface area contributed by atoms with Gasteiger partial charge >= 0.3 is 5.97 Å². The van der Waals surface area contributed by atoms with Gasteiger partial charge in [-0.2, -0.15) is 0 Å². The lowest BCUT2D eigenvalue weighted by Gasteiger charge is -2.12. The Morgan fingerprint density at radius 1 is 1.40 bits per heavy atom. The van der Waals surface area contributed by atoms with E-state index in [1.54, 1.807) is 0 Å². The highest BCUT2D eigenvalue weighted by Crippen LogP contribution is 2.31. The summed E-state index contributed by atoms with van der Waals surface area (Å²) in [5.74, 6) is -0.411. The molecule has 1 aliphatic carbocycles. The lowest BCUT2D eigenvalue weighted by molar-refractivity contribution is -0.139. The standard InChI is InChI=1S/C15H19NO4/c1-2-3-4-11-7-10-5-6-13(16-19)12(10)8-14(11)20-9-15(17)18/h7-8,19H,2-6,9H2,1H3,(H,17,18)/b16-13+. The third-order valence-corrected chi connectivity index (χ3v) is 3.50. The quantitative estimate of drug-likeness (QED) is 0.619. The van der Waals surface area contributed by atoms with Gasteiger partial charge in [0.1, 0.15) is 5.75 Å². The molecular weight excluding hydrogens is 258 g/mol. The van der Waals surface area contributed by atoms with Crippen LogP contribution in [0.25, 0.3) is 0 Å². The Hall–Kier alpha value is -2.04. The second kappa shape index (κ2) is 6.41. The highest BCUT2D eigenvalue weighted by atomic mass is 16.5. The number of aliphatic carboxylic acids is 1. The van der Waals surface area contributed by atoms with E-state index in [9.17, 15) is 4.79 Å². The smallest absolute Gasteiger partial charge is 0.341 e. The number of aryl methyl sites for hydroxylation is 2. The van der Waals surface area contributed by atoms with E-state index in [2.05, 4.69) is 18.1 Å². The largest absolute Gasteiger partial charge is 0.482 e. The van der Waals surface area contributed by atoms with Gasteiger partial charge in [0, 0.05) is 5.56 Å². The summed E-state index contributed by atoms with van der Waals surface area (Å²) in [6.07, 6.45) is 4.53. The van der Waals surface area contributed by atoms with Crippen molar-refractivity contribution in [3.63, 3.8) is 0 Å². The van der Waals surface area contributed by atoms with Crippen LogP contribution in [-0.4, -0.2) is 28.6 Å². The van der Waals surface area contributed by atoms with Crippen LogP contribution in [0.3, 0.4) is 0 Å². The van der Waals surface area contributed by atoms with Crippen molar-refractivity contribution in [2.75, 3.05) is 6.61 Å². The monoisotopic (exact) mass is 277 g/mol. The SMILES string of the molecule is CCCCc1cc2c(cc1OCC(=O)O)/C(=N/O)CC2. The molecule has 108 valence electrons. The molecule has 0 saturated heterocycles. The fourth-order valence-electron chi connectivity index (χ4n) is 2.48. The van der Waals surface area contributed by atoms with E-state index < -0.39 is 5.97 Å². The first-order valence-electron chi connectivity index (χ1n) is 6.87. The molecule has 5 heteroatoms. The van der Waals surface area contributed by atoms with Gasteiger partial charge in [0.15, 0.2) is 6.61 Å². The van der Waals surface area contributed by atoms with Crippen LogP contribution in [-0.2, 0) is 17.6 Å². The number of oxime groups is 1. The van der Waals surface area contributed by atoms with Crippen LogP contribution < -0.4 is 4.74 Å². The number of carboxylic acid groups (broad SMARTS) is 1. The zero-order valence-corrected chi connectivity index (χ0v) is 11.6. The normalized spacial score (nSPS) is 15.3. The van der Waals surface area contributed by atoms with E-state index in [-0.39, 0.29) is 6.61 Å². The Bertz CT molecular complexity index is 537. The summed E-state index contributed by atoms with van der Waals surface area (Å²) < 4.78 is 5.38. The van der Waals surface area contributed by atoms with Crippen LogP contribution >= 0.6 is 0 Å². The maximum atomic E-state index is 10.7. The third kappa shape index (κ3) is 3.10. The highest BCUT2D eigenvalue weighted by molar-refractivity contribution is 6.04. The minimum Gasteiger partial charge on any atom is -0.482 e. The molecule has 0 saturated carbocycles. The Labute approximate surface area is 117 Å². The Balaban J connectivity index is 2.32. The number of fused-ring (bicyclic) bond motifs is 1. The number of hydrogen-bond acceptors (Lipinski definition) is 4. The van der Waals surface area contributed by atoms with Gasteiger partial charge in [-0.25, -0.2) is 4.79 Å². The van der Waals surface area contributed by atoms with Crippen molar-refractivity contribution >= 4 is 11.7 Å². The van der Waals surface area contributed by atoms with Crippen LogP contribution in [0.1, 0.15) is 42.9 Å². The van der Waals surface area contributed by atoms with E-state index in [0.717, 1.165) is 42.4 Å². The fraction of sp³-hybridized carbons (Fsp3) is 0.467. The van der Waals surface area contributed by atoms with Crippen LogP contribution in [0.4, 0.5) is 0 Å². The summed E-state index contributed by atoms with van der Waals surface area (Å²) in [5, 5.41) is 21.0. The lowest BCUT2D eigenvalue weighted by Crippen LogP contribution is -2.11. The van der Waals surface area contributed by atoms with Gasteiger partial charge in [-0.3, -0.25) is 0 Å². The van der Waals surface area contributed by atoms with Gasteiger partial charge in [0.05, 0.1) is 5.71 Å². The van der Waals surface area contributed by atoms with Crippen LogP contribution in [0.5, 0.6) is 5.75 Å². The van der Waals surface area contributed by atoms with E-state index in [4.69, 9.17) is 15.1 Å². The van der Waals surface area contributed by atoms with E-state index in [1.165, 1.54) is 0 Å². The molecule has 1 aromatic carbocycles. The van der Waals surface area contributed by atoms with Crippen LogP contribution in [0.15, 0.2) is 17.3 Å². The summed E-state index contributed by atoms with van der Waals surface area (Å²) in [5.41, 5.74) is 3.69. The topological polar surface area (TPSA) is 79.1 Å². The molecule has 2 N–H and O–H groups in total. The number of ether oxygens (including phenoxy) is 1. The molecule has 0 radical (unpaired) electrons. The number of benzene rings is 1. The van der Waals surface area contributed by atoms with Crippen LogP contribution in [0, 0.1) is 0 Å². The maximum absolute atomic E-state index is 10.7. The van der Waals surface area contributed by atoms with Crippen molar-refractivity contribution in [3.8, 4) is 5.75 Å². The first-order valence-corrected chi connectivity index (χ1v) is 6.87. The number of carbonyl (C=O) groups is 1. The van der Waals surface area contributed by atoms with Crippen LogP contribution in [0.2, 0.25) is 0 Å². The molecule has 0 unspecified atom stereocenters. The summed E-state index contributed by atoms with van der Waals surface area (Å²) in [7, 11) is 0. The van der Waals surface area contributed by atoms with Crippen molar-refractivity contribution < 1.29 is 19.8 Å². The molecule has 0 heterocycles. The average molecular weight is 277 g/mol. The number of carboxylic acids is 1. The molecule has 5 nitrogen and oxygen atoms in total. The summed E-state index contributed by atoms with van der Waals surface area (Å²) in [4.78, 5) is 10.7. The average Bonchev–Trinajstić information content (AvgIpc) is 2.83. The van der Waals surface area contributed by atoms with Gasteiger partial charge in [0.25, 0.3) is 0 Å². The molecule has 0 aromatic heterocycles. The Morgan fingerprint density at radius 2 is 2.20 bits per heavy atom. The Kier molecular flexibility index (Phi) is 4.61. The molecular formula is C15H19NO4. The number of nitrogens with zero attached hydrogens (tertiary/aromatic N) is 1. The molecule has 0 aliphatic heterocycles. The first kappa shape index (κ1) is 14.4. The predicted molar refractivity (Wildman–Crippen MR) is 74.8 cm³/mol. The predicted octanol–water partition coefficient (Wildman–Crippen LogP) is 2.62. The minimum absolute atomic E-state index is 0.358. The zero-order chi connectivity index (χ0) is 14.5. The molecule has 1 aliphatic rings. The number of hydrogen-bond donors (Lipinski definition) is 2. The zero-order valence-electron chi connectivity index (χ0n) is 11.6. The molecule has 2 rings (SSSR count). The second-order valence-electron chi connectivity index (χ2n) is 4.95.